The summed E-state index contributed by atoms with van der Waals surface area (Å²) in [4.78, 5) is 0. The molecule has 0 saturated heterocycles. The van der Waals surface area contributed by atoms with E-state index in [2.05, 4.69) is 22.9 Å². The topological polar surface area (TPSA) is 30.9 Å². The molecule has 0 amide bonds. The molecule has 0 saturated carbocycles. The average Bonchev–Trinajstić information content (AvgIpc) is 2.82. The molecule has 22 heavy (non-hydrogen) atoms. The highest BCUT2D eigenvalue weighted by Gasteiger charge is 2.18. The standard InChI is InChI=1S/C18H18F2N2/c1-22-11-13(16-4-2-3-5-18(16)22)8-12(10-21)15-7-6-14(19)9-17(15)20/h2-7,9,11-12H,8,10,21H2,1H3. The van der Waals surface area contributed by atoms with Crippen molar-refractivity contribution in [2.45, 2.75) is 12.3 Å². The van der Waals surface area contributed by atoms with Crippen LogP contribution >= 0.6 is 0 Å². The molecule has 2 aromatic carbocycles. The molecule has 0 spiro atoms. The summed E-state index contributed by atoms with van der Waals surface area (Å²) in [6, 6.07) is 11.8. The number of fused-ring (bicyclic) bond motifs is 1. The van der Waals surface area contributed by atoms with E-state index in [-0.39, 0.29) is 5.92 Å². The van der Waals surface area contributed by atoms with Gasteiger partial charge >= 0.3 is 0 Å². The Labute approximate surface area is 128 Å². The Hall–Kier alpha value is -2.20. The van der Waals surface area contributed by atoms with Crippen LogP contribution in [0.2, 0.25) is 0 Å². The van der Waals surface area contributed by atoms with Crippen LogP contribution in [-0.4, -0.2) is 11.1 Å². The fraction of sp³-hybridized carbons (Fsp3) is 0.222. The molecule has 2 nitrogen and oxygen atoms in total. The summed E-state index contributed by atoms with van der Waals surface area (Å²) < 4.78 is 29.1. The number of rotatable bonds is 4. The number of aryl methyl sites for hydroxylation is 1. The highest BCUT2D eigenvalue weighted by molar-refractivity contribution is 5.84. The van der Waals surface area contributed by atoms with Crippen LogP contribution < -0.4 is 5.73 Å². The average molecular weight is 300 g/mol. The highest BCUT2D eigenvalue weighted by Crippen LogP contribution is 2.28. The minimum atomic E-state index is -0.567. The largest absolute Gasteiger partial charge is 0.350 e. The fourth-order valence-corrected chi connectivity index (χ4v) is 3.01. The third kappa shape index (κ3) is 2.62. The van der Waals surface area contributed by atoms with Crippen molar-refractivity contribution in [1.29, 1.82) is 0 Å². The molecule has 3 aromatic rings. The Morgan fingerprint density at radius 2 is 1.91 bits per heavy atom. The molecule has 114 valence electrons. The minimum absolute atomic E-state index is 0.175. The normalized spacial score (nSPS) is 12.7. The van der Waals surface area contributed by atoms with Gasteiger partial charge in [-0.2, -0.15) is 0 Å². The molecule has 0 aliphatic rings. The van der Waals surface area contributed by atoms with Crippen LogP contribution in [-0.2, 0) is 13.5 Å². The Balaban J connectivity index is 1.98. The van der Waals surface area contributed by atoms with Gasteiger partial charge in [0, 0.05) is 36.1 Å². The quantitative estimate of drug-likeness (QED) is 0.782. The molecule has 1 aromatic heterocycles. The van der Waals surface area contributed by atoms with Crippen LogP contribution in [0.25, 0.3) is 10.9 Å². The lowest BCUT2D eigenvalue weighted by Crippen LogP contribution is -2.16. The van der Waals surface area contributed by atoms with Crippen molar-refractivity contribution in [3.8, 4) is 0 Å². The summed E-state index contributed by atoms with van der Waals surface area (Å²) in [7, 11) is 1.99. The van der Waals surface area contributed by atoms with Crippen LogP contribution in [0.1, 0.15) is 17.0 Å². The number of benzene rings is 2. The second-order valence-electron chi connectivity index (χ2n) is 5.58. The van der Waals surface area contributed by atoms with Crippen molar-refractivity contribution in [3.63, 3.8) is 0 Å². The molecule has 4 heteroatoms. The molecule has 2 N–H and O–H groups in total. The first-order valence-electron chi connectivity index (χ1n) is 7.28. The zero-order chi connectivity index (χ0) is 15.7. The first-order valence-corrected chi connectivity index (χ1v) is 7.28. The molecular weight excluding hydrogens is 282 g/mol. The van der Waals surface area contributed by atoms with Gasteiger partial charge in [-0.3, -0.25) is 0 Å². The van der Waals surface area contributed by atoms with Crippen molar-refractivity contribution < 1.29 is 8.78 Å². The second kappa shape index (κ2) is 5.89. The van der Waals surface area contributed by atoms with Crippen molar-refractivity contribution in [2.75, 3.05) is 6.54 Å². The van der Waals surface area contributed by atoms with Crippen LogP contribution in [0.4, 0.5) is 8.78 Å². The Morgan fingerprint density at radius 1 is 1.14 bits per heavy atom. The van der Waals surface area contributed by atoms with E-state index in [1.54, 1.807) is 0 Å². The molecule has 1 unspecified atom stereocenters. The van der Waals surface area contributed by atoms with Crippen molar-refractivity contribution in [3.05, 3.63) is 71.4 Å². The molecule has 0 radical (unpaired) electrons. The van der Waals surface area contributed by atoms with Gasteiger partial charge in [-0.05, 0) is 36.2 Å². The minimum Gasteiger partial charge on any atom is -0.350 e. The third-order valence-corrected chi connectivity index (χ3v) is 4.13. The predicted molar refractivity (Wildman–Crippen MR) is 84.8 cm³/mol. The maximum atomic E-state index is 14.0. The monoisotopic (exact) mass is 300 g/mol. The number of halogens is 2. The van der Waals surface area contributed by atoms with Crippen LogP contribution in [0.15, 0.2) is 48.7 Å². The van der Waals surface area contributed by atoms with Crippen molar-refractivity contribution in [1.82, 2.24) is 4.57 Å². The smallest absolute Gasteiger partial charge is 0.129 e. The summed E-state index contributed by atoms with van der Waals surface area (Å²) in [5, 5.41) is 1.14. The van der Waals surface area contributed by atoms with Gasteiger partial charge in [-0.25, -0.2) is 8.78 Å². The van der Waals surface area contributed by atoms with Gasteiger partial charge in [0.05, 0.1) is 0 Å². The zero-order valence-electron chi connectivity index (χ0n) is 12.4. The van der Waals surface area contributed by atoms with Crippen molar-refractivity contribution >= 4 is 10.9 Å². The molecule has 0 aliphatic carbocycles. The molecule has 1 heterocycles. The Morgan fingerprint density at radius 3 is 2.64 bits per heavy atom. The molecule has 3 rings (SSSR count). The van der Waals surface area contributed by atoms with Gasteiger partial charge in [-0.15, -0.1) is 0 Å². The number of aromatic nitrogens is 1. The second-order valence-corrected chi connectivity index (χ2v) is 5.58. The lowest BCUT2D eigenvalue weighted by atomic mass is 9.91. The summed E-state index contributed by atoms with van der Waals surface area (Å²) in [5.41, 5.74) is 8.57. The van der Waals surface area contributed by atoms with E-state index >= 15 is 0 Å². The third-order valence-electron chi connectivity index (χ3n) is 4.13. The lowest BCUT2D eigenvalue weighted by Gasteiger charge is -2.15. The number of hydrogen-bond acceptors (Lipinski definition) is 1. The van der Waals surface area contributed by atoms with Gasteiger partial charge in [0.2, 0.25) is 0 Å². The SMILES string of the molecule is Cn1cc(CC(CN)c2ccc(F)cc2F)c2ccccc21. The van der Waals surface area contributed by atoms with E-state index in [0.29, 0.717) is 18.5 Å². The number of hydrogen-bond donors (Lipinski definition) is 1. The van der Waals surface area contributed by atoms with Gasteiger partial charge in [0.25, 0.3) is 0 Å². The lowest BCUT2D eigenvalue weighted by molar-refractivity contribution is 0.551. The van der Waals surface area contributed by atoms with Gasteiger partial charge in [0.1, 0.15) is 11.6 Å². The summed E-state index contributed by atoms with van der Waals surface area (Å²) in [5.74, 6) is -1.27. The van der Waals surface area contributed by atoms with E-state index in [1.165, 1.54) is 12.1 Å². The Bertz CT molecular complexity index is 808. The first-order chi connectivity index (χ1) is 10.6. The van der Waals surface area contributed by atoms with E-state index < -0.39 is 11.6 Å². The van der Waals surface area contributed by atoms with Crippen molar-refractivity contribution in [2.24, 2.45) is 12.8 Å². The summed E-state index contributed by atoms with van der Waals surface area (Å²) >= 11 is 0. The first kappa shape index (κ1) is 14.7. The molecule has 0 aliphatic heterocycles. The van der Waals surface area contributed by atoms with Crippen LogP contribution in [0.5, 0.6) is 0 Å². The number of nitrogens with two attached hydrogens (primary N) is 1. The van der Waals surface area contributed by atoms with Crippen LogP contribution in [0, 0.1) is 11.6 Å². The maximum absolute atomic E-state index is 14.0. The van der Waals surface area contributed by atoms with Gasteiger partial charge < -0.3 is 10.3 Å². The molecule has 1 atom stereocenters. The molecular formula is C18H18F2N2. The maximum Gasteiger partial charge on any atom is 0.129 e. The fourth-order valence-electron chi connectivity index (χ4n) is 3.01. The van der Waals surface area contributed by atoms with E-state index in [0.717, 1.165) is 22.5 Å². The summed E-state index contributed by atoms with van der Waals surface area (Å²) in [6.07, 6.45) is 2.68. The van der Waals surface area contributed by atoms with Crippen LogP contribution in [0.3, 0.4) is 0 Å². The van der Waals surface area contributed by atoms with Gasteiger partial charge in [0.15, 0.2) is 0 Å². The molecule has 0 fully saturated rings. The number of nitrogens with zero attached hydrogens (tertiary/aromatic N) is 1. The highest BCUT2D eigenvalue weighted by atomic mass is 19.1. The summed E-state index contributed by atoms with van der Waals surface area (Å²) in [6.45, 7) is 0.311. The predicted octanol–water partition coefficient (Wildman–Crippen LogP) is 3.74. The van der Waals surface area contributed by atoms with E-state index in [9.17, 15) is 8.78 Å². The zero-order valence-corrected chi connectivity index (χ0v) is 12.4. The Kier molecular flexibility index (Phi) is 3.94. The van der Waals surface area contributed by atoms with E-state index in [4.69, 9.17) is 5.73 Å². The number of para-hydroxylation sites is 1. The molecule has 0 bridgehead atoms. The van der Waals surface area contributed by atoms with E-state index in [1.807, 2.05) is 19.2 Å². The van der Waals surface area contributed by atoms with Gasteiger partial charge in [-0.1, -0.05) is 24.3 Å².